The smallest absolute Gasteiger partial charge is 0.0711 e. The zero-order valence-corrected chi connectivity index (χ0v) is 20.8. The van der Waals surface area contributed by atoms with Gasteiger partial charge >= 0.3 is 0 Å². The second-order valence-corrected chi connectivity index (χ2v) is 9.18. The molecule has 0 saturated heterocycles. The van der Waals surface area contributed by atoms with Crippen molar-refractivity contribution in [1.29, 1.82) is 0 Å². The number of aromatic nitrogens is 1. The van der Waals surface area contributed by atoms with E-state index in [0.29, 0.717) is 0 Å². The largest absolute Gasteiger partial charge is 0.256 e. The Hall–Kier alpha value is -4.75. The molecule has 1 aromatic heterocycles. The van der Waals surface area contributed by atoms with Gasteiger partial charge in [-0.15, -0.1) is 0 Å². The van der Waals surface area contributed by atoms with Gasteiger partial charge in [-0.3, -0.25) is 4.98 Å². The van der Waals surface area contributed by atoms with Crippen LogP contribution in [0.1, 0.15) is 5.56 Å². The summed E-state index contributed by atoms with van der Waals surface area (Å²) in [7, 11) is 0. The first kappa shape index (κ1) is 22.7. The third-order valence-electron chi connectivity index (χ3n) is 6.92. The molecule has 0 radical (unpaired) electrons. The van der Waals surface area contributed by atoms with Gasteiger partial charge < -0.3 is 0 Å². The Morgan fingerprint density at radius 3 is 1.11 bits per heavy atom. The molecule has 6 rings (SSSR count). The molecule has 0 fully saturated rings. The van der Waals surface area contributed by atoms with Crippen molar-refractivity contribution in [2.45, 2.75) is 6.92 Å². The van der Waals surface area contributed by atoms with Gasteiger partial charge in [0.2, 0.25) is 0 Å². The van der Waals surface area contributed by atoms with Crippen LogP contribution < -0.4 is 0 Å². The van der Waals surface area contributed by atoms with Crippen molar-refractivity contribution >= 4 is 0 Å². The second-order valence-electron chi connectivity index (χ2n) is 9.18. The van der Waals surface area contributed by atoms with E-state index in [9.17, 15) is 0 Å². The zero-order chi connectivity index (χ0) is 25.0. The van der Waals surface area contributed by atoms with Crippen molar-refractivity contribution in [3.05, 3.63) is 151 Å². The van der Waals surface area contributed by atoms with Crippen molar-refractivity contribution in [3.8, 4) is 55.8 Å². The van der Waals surface area contributed by atoms with Gasteiger partial charge in [0.1, 0.15) is 0 Å². The molecule has 0 unspecified atom stereocenters. The predicted octanol–water partition coefficient (Wildman–Crippen LogP) is 9.73. The molecule has 5 aromatic carbocycles. The van der Waals surface area contributed by atoms with Crippen LogP contribution in [-0.4, -0.2) is 4.98 Å². The van der Waals surface area contributed by atoms with E-state index in [2.05, 4.69) is 140 Å². The molecule has 1 heteroatoms. The number of hydrogen-bond acceptors (Lipinski definition) is 1. The molecular formula is C36H27N. The molecular weight excluding hydrogens is 446 g/mol. The topological polar surface area (TPSA) is 12.9 Å². The fraction of sp³-hybridized carbons (Fsp3) is 0.0278. The summed E-state index contributed by atoms with van der Waals surface area (Å²) < 4.78 is 0. The van der Waals surface area contributed by atoms with Crippen molar-refractivity contribution in [2.24, 2.45) is 0 Å². The van der Waals surface area contributed by atoms with E-state index in [1.807, 2.05) is 12.3 Å². The highest BCUT2D eigenvalue weighted by atomic mass is 14.7. The quantitative estimate of drug-likeness (QED) is 0.243. The first-order valence-corrected chi connectivity index (χ1v) is 12.7. The van der Waals surface area contributed by atoms with E-state index >= 15 is 0 Å². The molecule has 0 amide bonds. The lowest BCUT2D eigenvalue weighted by molar-refractivity contribution is 1.31. The van der Waals surface area contributed by atoms with Crippen molar-refractivity contribution in [1.82, 2.24) is 4.98 Å². The lowest BCUT2D eigenvalue weighted by Gasteiger charge is -2.26. The standard InChI is InChI=1S/C36H27N/c1-26-32(27-16-6-2-7-17-27)34(28-18-8-3-9-19-28)36(30-22-12-5-13-23-30)35(29-20-10-4-11-21-29)33(26)31-24-14-15-25-37-31/h2-25H,1H3. The Morgan fingerprint density at radius 1 is 0.351 bits per heavy atom. The van der Waals surface area contributed by atoms with Gasteiger partial charge in [0.25, 0.3) is 0 Å². The molecule has 0 atom stereocenters. The van der Waals surface area contributed by atoms with Crippen LogP contribution in [0.15, 0.2) is 146 Å². The van der Waals surface area contributed by atoms with Gasteiger partial charge in [0, 0.05) is 11.8 Å². The molecule has 0 spiro atoms. The lowest BCUT2D eigenvalue weighted by atomic mass is 9.77. The average Bonchev–Trinajstić information content (AvgIpc) is 2.98. The maximum atomic E-state index is 4.87. The number of rotatable bonds is 5. The van der Waals surface area contributed by atoms with E-state index in [0.717, 1.165) is 5.69 Å². The second kappa shape index (κ2) is 10.1. The van der Waals surface area contributed by atoms with Crippen molar-refractivity contribution < 1.29 is 0 Å². The molecule has 0 N–H and O–H groups in total. The lowest BCUT2D eigenvalue weighted by Crippen LogP contribution is -2.02. The van der Waals surface area contributed by atoms with Gasteiger partial charge in [-0.1, -0.05) is 127 Å². The Bertz CT molecular complexity index is 1520. The molecule has 37 heavy (non-hydrogen) atoms. The zero-order valence-electron chi connectivity index (χ0n) is 20.8. The van der Waals surface area contributed by atoms with E-state index in [1.165, 1.54) is 55.6 Å². The van der Waals surface area contributed by atoms with Crippen molar-refractivity contribution in [2.75, 3.05) is 0 Å². The summed E-state index contributed by atoms with van der Waals surface area (Å²) in [4.78, 5) is 4.87. The van der Waals surface area contributed by atoms with E-state index < -0.39 is 0 Å². The average molecular weight is 474 g/mol. The van der Waals surface area contributed by atoms with Crippen LogP contribution >= 0.6 is 0 Å². The van der Waals surface area contributed by atoms with Crippen LogP contribution in [0.5, 0.6) is 0 Å². The molecule has 0 aliphatic carbocycles. The summed E-state index contributed by atoms with van der Waals surface area (Å²) in [6.07, 6.45) is 1.89. The highest BCUT2D eigenvalue weighted by molar-refractivity contribution is 6.08. The third kappa shape index (κ3) is 4.26. The van der Waals surface area contributed by atoms with Crippen LogP contribution in [0.2, 0.25) is 0 Å². The fourth-order valence-electron chi connectivity index (χ4n) is 5.35. The highest BCUT2D eigenvalue weighted by Gasteiger charge is 2.26. The summed E-state index contributed by atoms with van der Waals surface area (Å²) in [6.45, 7) is 2.25. The summed E-state index contributed by atoms with van der Waals surface area (Å²) in [6, 6.07) is 49.3. The van der Waals surface area contributed by atoms with Crippen molar-refractivity contribution in [3.63, 3.8) is 0 Å². The fourth-order valence-corrected chi connectivity index (χ4v) is 5.35. The highest BCUT2D eigenvalue weighted by Crippen LogP contribution is 2.52. The molecule has 0 aliphatic heterocycles. The third-order valence-corrected chi connectivity index (χ3v) is 6.92. The van der Waals surface area contributed by atoms with Gasteiger partial charge in [0.05, 0.1) is 5.69 Å². The predicted molar refractivity (Wildman–Crippen MR) is 156 cm³/mol. The Morgan fingerprint density at radius 2 is 0.703 bits per heavy atom. The minimum absolute atomic E-state index is 0.979. The normalized spacial score (nSPS) is 10.8. The number of benzene rings is 5. The maximum Gasteiger partial charge on any atom is 0.0711 e. The van der Waals surface area contributed by atoms with Gasteiger partial charge in [-0.05, 0) is 69.1 Å². The summed E-state index contributed by atoms with van der Waals surface area (Å²) >= 11 is 0. The number of nitrogens with zero attached hydrogens (tertiary/aromatic N) is 1. The molecule has 1 nitrogen and oxygen atoms in total. The molecule has 1 heterocycles. The number of pyridine rings is 1. The van der Waals surface area contributed by atoms with Crippen LogP contribution in [0.3, 0.4) is 0 Å². The molecule has 0 aliphatic rings. The van der Waals surface area contributed by atoms with Crippen LogP contribution in [0, 0.1) is 6.92 Å². The first-order valence-electron chi connectivity index (χ1n) is 12.7. The van der Waals surface area contributed by atoms with Gasteiger partial charge in [-0.2, -0.15) is 0 Å². The SMILES string of the molecule is Cc1c(-c2ccccc2)c(-c2ccccc2)c(-c2ccccc2)c(-c2ccccc2)c1-c1ccccn1. The maximum absolute atomic E-state index is 4.87. The summed E-state index contributed by atoms with van der Waals surface area (Å²) in [5.74, 6) is 0. The number of hydrogen-bond donors (Lipinski definition) is 0. The van der Waals surface area contributed by atoms with Crippen LogP contribution in [-0.2, 0) is 0 Å². The van der Waals surface area contributed by atoms with Crippen LogP contribution in [0.4, 0.5) is 0 Å². The van der Waals surface area contributed by atoms with Gasteiger partial charge in [-0.25, -0.2) is 0 Å². The van der Waals surface area contributed by atoms with E-state index in [-0.39, 0.29) is 0 Å². The van der Waals surface area contributed by atoms with E-state index in [4.69, 9.17) is 4.98 Å². The van der Waals surface area contributed by atoms with Crippen LogP contribution in [0.25, 0.3) is 55.8 Å². The van der Waals surface area contributed by atoms with Gasteiger partial charge in [0.15, 0.2) is 0 Å². The molecule has 0 saturated carbocycles. The summed E-state index contributed by atoms with van der Waals surface area (Å²) in [5, 5.41) is 0. The Labute approximate surface area is 218 Å². The molecule has 0 bridgehead atoms. The Kier molecular flexibility index (Phi) is 6.19. The minimum Gasteiger partial charge on any atom is -0.256 e. The monoisotopic (exact) mass is 473 g/mol. The molecule has 6 aromatic rings. The molecule has 176 valence electrons. The first-order chi connectivity index (χ1) is 18.3. The minimum atomic E-state index is 0.979. The Balaban J connectivity index is 1.89. The van der Waals surface area contributed by atoms with E-state index in [1.54, 1.807) is 0 Å². The summed E-state index contributed by atoms with van der Waals surface area (Å²) in [5.41, 5.74) is 13.1.